The van der Waals surface area contributed by atoms with Crippen molar-refractivity contribution in [3.63, 3.8) is 0 Å². The first-order chi connectivity index (χ1) is 12.6. The van der Waals surface area contributed by atoms with Crippen LogP contribution in [0.4, 0.5) is 4.79 Å². The van der Waals surface area contributed by atoms with Crippen molar-refractivity contribution in [1.29, 1.82) is 0 Å². The van der Waals surface area contributed by atoms with Gasteiger partial charge in [0.1, 0.15) is 11.5 Å². The number of amides is 1. The number of hydrogen-bond acceptors (Lipinski definition) is 6. The molecule has 0 bridgehead atoms. The van der Waals surface area contributed by atoms with E-state index in [1.165, 1.54) is 6.07 Å². The molecule has 7 nitrogen and oxygen atoms in total. The highest BCUT2D eigenvalue weighted by Gasteiger charge is 2.24. The van der Waals surface area contributed by atoms with Crippen molar-refractivity contribution in [3.05, 3.63) is 53.9 Å². The number of nitrogens with zero attached hydrogens (tertiary/aromatic N) is 2. The highest BCUT2D eigenvalue weighted by molar-refractivity contribution is 5.66. The van der Waals surface area contributed by atoms with Crippen molar-refractivity contribution in [2.75, 3.05) is 19.6 Å². The molecular formula is C19H23N3O4. The van der Waals surface area contributed by atoms with Gasteiger partial charge in [0.25, 0.3) is 0 Å². The Morgan fingerprint density at radius 3 is 2.62 bits per heavy atom. The molecule has 0 saturated carbocycles. The SMILES string of the molecule is O=C(NCCc1ccncc1)ON1CCC(c2ccc(O)cc2O)CC1. The summed E-state index contributed by atoms with van der Waals surface area (Å²) in [7, 11) is 0. The predicted octanol–water partition coefficient (Wildman–Crippen LogP) is 2.56. The molecule has 1 aliphatic rings. The lowest BCUT2D eigenvalue weighted by atomic mass is 9.89. The number of pyridine rings is 1. The fraction of sp³-hybridized carbons (Fsp3) is 0.368. The van der Waals surface area contributed by atoms with Crippen LogP contribution in [0.15, 0.2) is 42.7 Å². The summed E-state index contributed by atoms with van der Waals surface area (Å²) in [6.07, 6.45) is 5.25. The maximum absolute atomic E-state index is 11.9. The number of carbonyl (C=O) groups excluding carboxylic acids is 1. The van der Waals surface area contributed by atoms with E-state index in [0.717, 1.165) is 30.4 Å². The largest absolute Gasteiger partial charge is 0.508 e. The maximum atomic E-state index is 11.9. The molecule has 0 radical (unpaired) electrons. The van der Waals surface area contributed by atoms with Gasteiger partial charge in [0.2, 0.25) is 0 Å². The van der Waals surface area contributed by atoms with Crippen LogP contribution in [-0.2, 0) is 11.3 Å². The number of phenolic OH excluding ortho intramolecular Hbond substituents is 2. The molecule has 7 heteroatoms. The van der Waals surface area contributed by atoms with Gasteiger partial charge in [-0.15, -0.1) is 5.06 Å². The van der Waals surface area contributed by atoms with Gasteiger partial charge in [-0.05, 0) is 54.5 Å². The number of piperidine rings is 1. The van der Waals surface area contributed by atoms with Crippen LogP contribution in [-0.4, -0.2) is 46.0 Å². The first-order valence-electron chi connectivity index (χ1n) is 8.73. The first kappa shape index (κ1) is 18.0. The van der Waals surface area contributed by atoms with Crippen LogP contribution in [0.25, 0.3) is 0 Å². The van der Waals surface area contributed by atoms with Gasteiger partial charge in [-0.2, -0.15) is 0 Å². The van der Waals surface area contributed by atoms with Crippen molar-refractivity contribution >= 4 is 6.09 Å². The Morgan fingerprint density at radius 2 is 1.92 bits per heavy atom. The van der Waals surface area contributed by atoms with Crippen molar-refractivity contribution in [2.45, 2.75) is 25.2 Å². The Labute approximate surface area is 152 Å². The van der Waals surface area contributed by atoms with E-state index in [4.69, 9.17) is 4.84 Å². The maximum Gasteiger partial charge on any atom is 0.426 e. The van der Waals surface area contributed by atoms with Crippen molar-refractivity contribution in [2.24, 2.45) is 0 Å². The Bertz CT molecular complexity index is 731. The number of hydrogen-bond donors (Lipinski definition) is 3. The van der Waals surface area contributed by atoms with E-state index in [9.17, 15) is 15.0 Å². The van der Waals surface area contributed by atoms with Crippen LogP contribution in [0.1, 0.15) is 29.9 Å². The van der Waals surface area contributed by atoms with Crippen LogP contribution in [0.3, 0.4) is 0 Å². The standard InChI is InChI=1S/C19H23N3O4/c23-16-1-2-17(18(24)13-16)15-6-11-22(12-7-15)26-19(25)21-10-5-14-3-8-20-9-4-14/h1-4,8-9,13,15,23-24H,5-7,10-12H2,(H,21,25). The highest BCUT2D eigenvalue weighted by Crippen LogP contribution is 2.35. The molecular weight excluding hydrogens is 334 g/mol. The number of phenols is 2. The molecule has 2 aromatic rings. The molecule has 0 spiro atoms. The van der Waals surface area contributed by atoms with Crippen LogP contribution in [0, 0.1) is 0 Å². The summed E-state index contributed by atoms with van der Waals surface area (Å²) >= 11 is 0. The van der Waals surface area contributed by atoms with Crippen LogP contribution in [0.2, 0.25) is 0 Å². The number of aromatic hydroxyl groups is 2. The lowest BCUT2D eigenvalue weighted by Crippen LogP contribution is -2.39. The number of carbonyl (C=O) groups is 1. The molecule has 138 valence electrons. The average molecular weight is 357 g/mol. The van der Waals surface area contributed by atoms with E-state index in [0.29, 0.717) is 19.6 Å². The minimum absolute atomic E-state index is 0.0513. The van der Waals surface area contributed by atoms with E-state index >= 15 is 0 Å². The molecule has 1 amide bonds. The molecule has 2 heterocycles. The summed E-state index contributed by atoms with van der Waals surface area (Å²) in [5.41, 5.74) is 1.93. The van der Waals surface area contributed by atoms with E-state index in [2.05, 4.69) is 10.3 Å². The van der Waals surface area contributed by atoms with Crippen LogP contribution in [0.5, 0.6) is 11.5 Å². The number of rotatable bonds is 5. The number of benzene rings is 1. The van der Waals surface area contributed by atoms with Gasteiger partial charge >= 0.3 is 6.09 Å². The molecule has 1 fully saturated rings. The molecule has 0 aliphatic carbocycles. The third-order valence-electron chi connectivity index (χ3n) is 4.55. The third-order valence-corrected chi connectivity index (χ3v) is 4.55. The molecule has 1 saturated heterocycles. The monoisotopic (exact) mass is 357 g/mol. The van der Waals surface area contributed by atoms with Gasteiger partial charge in [0.15, 0.2) is 0 Å². The topological polar surface area (TPSA) is 94.9 Å². The van der Waals surface area contributed by atoms with E-state index < -0.39 is 6.09 Å². The van der Waals surface area contributed by atoms with Gasteiger partial charge in [-0.25, -0.2) is 4.79 Å². The molecule has 0 unspecified atom stereocenters. The normalized spacial score (nSPS) is 15.5. The van der Waals surface area contributed by atoms with Gasteiger partial charge in [-0.3, -0.25) is 4.98 Å². The summed E-state index contributed by atoms with van der Waals surface area (Å²) in [5, 5.41) is 23.8. The van der Waals surface area contributed by atoms with Crippen molar-refractivity contribution < 1.29 is 19.8 Å². The second-order valence-corrected chi connectivity index (χ2v) is 6.36. The summed E-state index contributed by atoms with van der Waals surface area (Å²) in [6.45, 7) is 1.70. The van der Waals surface area contributed by atoms with E-state index in [1.807, 2.05) is 12.1 Å². The Morgan fingerprint density at radius 1 is 1.19 bits per heavy atom. The predicted molar refractivity (Wildman–Crippen MR) is 95.7 cm³/mol. The van der Waals surface area contributed by atoms with Gasteiger partial charge in [0, 0.05) is 38.1 Å². The number of aromatic nitrogens is 1. The average Bonchev–Trinajstić information content (AvgIpc) is 2.63. The van der Waals surface area contributed by atoms with Crippen LogP contribution < -0.4 is 5.32 Å². The van der Waals surface area contributed by atoms with Crippen molar-refractivity contribution in [3.8, 4) is 11.5 Å². The second-order valence-electron chi connectivity index (χ2n) is 6.36. The van der Waals surface area contributed by atoms with Gasteiger partial charge in [-0.1, -0.05) is 6.07 Å². The summed E-state index contributed by atoms with van der Waals surface area (Å²) in [4.78, 5) is 21.2. The summed E-state index contributed by atoms with van der Waals surface area (Å²) in [5.74, 6) is 0.346. The zero-order valence-corrected chi connectivity index (χ0v) is 14.5. The summed E-state index contributed by atoms with van der Waals surface area (Å²) < 4.78 is 0. The Kier molecular flexibility index (Phi) is 5.91. The lowest BCUT2D eigenvalue weighted by Gasteiger charge is -2.30. The van der Waals surface area contributed by atoms with Crippen molar-refractivity contribution in [1.82, 2.24) is 15.4 Å². The number of hydroxylamine groups is 2. The molecule has 1 aliphatic heterocycles. The van der Waals surface area contributed by atoms with E-state index in [1.54, 1.807) is 29.6 Å². The van der Waals surface area contributed by atoms with Gasteiger partial charge < -0.3 is 20.4 Å². The third kappa shape index (κ3) is 4.86. The van der Waals surface area contributed by atoms with E-state index in [-0.39, 0.29) is 17.4 Å². The molecule has 3 N–H and O–H groups in total. The second kappa shape index (κ2) is 8.53. The fourth-order valence-corrected chi connectivity index (χ4v) is 3.14. The van der Waals surface area contributed by atoms with Gasteiger partial charge in [0.05, 0.1) is 0 Å². The van der Waals surface area contributed by atoms with Crippen LogP contribution >= 0.6 is 0 Å². The molecule has 1 aromatic carbocycles. The lowest BCUT2D eigenvalue weighted by molar-refractivity contribution is -0.113. The summed E-state index contributed by atoms with van der Waals surface area (Å²) in [6, 6.07) is 8.51. The quantitative estimate of drug-likeness (QED) is 0.761. The fourth-order valence-electron chi connectivity index (χ4n) is 3.14. The Balaban J connectivity index is 1.40. The zero-order chi connectivity index (χ0) is 18.4. The molecule has 0 atom stereocenters. The minimum atomic E-state index is -0.454. The molecule has 1 aromatic heterocycles. The molecule has 26 heavy (non-hydrogen) atoms. The molecule has 3 rings (SSSR count). The zero-order valence-electron chi connectivity index (χ0n) is 14.5. The highest BCUT2D eigenvalue weighted by atomic mass is 16.7. The minimum Gasteiger partial charge on any atom is -0.508 e. The smallest absolute Gasteiger partial charge is 0.426 e. The number of nitrogens with one attached hydrogen (secondary N) is 1. The first-order valence-corrected chi connectivity index (χ1v) is 8.73. The Hall–Kier alpha value is -2.80.